The molecule has 0 amide bonds. The minimum Gasteiger partial charge on any atom is -0.346 e. The largest absolute Gasteiger partial charge is 0.346 e. The summed E-state index contributed by atoms with van der Waals surface area (Å²) in [5, 5.41) is 23.9. The van der Waals surface area contributed by atoms with Crippen molar-refractivity contribution in [1.29, 1.82) is 5.26 Å². The fraction of sp³-hybridized carbons (Fsp3) is 0.125. The van der Waals surface area contributed by atoms with Gasteiger partial charge in [0.2, 0.25) is 5.95 Å². The van der Waals surface area contributed by atoms with Crippen molar-refractivity contribution in [3.05, 3.63) is 65.7 Å². The molecule has 1 atom stereocenters. The molecule has 0 saturated carbocycles. The molecule has 1 N–H and O–H groups in total. The molecular weight excluding hydrogens is 276 g/mol. The van der Waals surface area contributed by atoms with Crippen LogP contribution in [0.15, 0.2) is 54.6 Å². The van der Waals surface area contributed by atoms with Gasteiger partial charge in [0.05, 0.1) is 23.4 Å². The number of nitrogens with one attached hydrogen (secondary N) is 1. The highest BCUT2D eigenvalue weighted by Crippen LogP contribution is 2.19. The third-order valence-electron chi connectivity index (χ3n) is 3.36. The maximum Gasteiger partial charge on any atom is 0.248 e. The van der Waals surface area contributed by atoms with Gasteiger partial charge in [0.25, 0.3) is 0 Å². The second kappa shape index (κ2) is 6.06. The first-order valence-corrected chi connectivity index (χ1v) is 6.88. The van der Waals surface area contributed by atoms with Gasteiger partial charge in [0, 0.05) is 0 Å². The molecule has 3 aromatic rings. The lowest BCUT2D eigenvalue weighted by atomic mass is 10.1. The van der Waals surface area contributed by atoms with E-state index >= 15 is 0 Å². The number of aromatic nitrogens is 4. The van der Waals surface area contributed by atoms with Crippen LogP contribution in [0.4, 0.5) is 5.95 Å². The van der Waals surface area contributed by atoms with Gasteiger partial charge >= 0.3 is 0 Å². The summed E-state index contributed by atoms with van der Waals surface area (Å²) < 4.78 is 1.65. The van der Waals surface area contributed by atoms with E-state index in [0.29, 0.717) is 11.5 Å². The number of nitrogens with zero attached hydrogens (tertiary/aromatic N) is 5. The number of tetrazole rings is 1. The van der Waals surface area contributed by atoms with Crippen LogP contribution in [0.5, 0.6) is 0 Å². The fourth-order valence-corrected chi connectivity index (χ4v) is 2.14. The monoisotopic (exact) mass is 290 g/mol. The van der Waals surface area contributed by atoms with E-state index in [-0.39, 0.29) is 6.04 Å². The van der Waals surface area contributed by atoms with E-state index in [4.69, 9.17) is 5.26 Å². The van der Waals surface area contributed by atoms with E-state index in [2.05, 4.69) is 26.9 Å². The van der Waals surface area contributed by atoms with Crippen LogP contribution in [0.25, 0.3) is 5.69 Å². The van der Waals surface area contributed by atoms with Gasteiger partial charge in [-0.2, -0.15) is 9.94 Å². The van der Waals surface area contributed by atoms with E-state index in [1.165, 1.54) is 0 Å². The molecule has 6 heteroatoms. The third-order valence-corrected chi connectivity index (χ3v) is 3.36. The molecule has 0 fully saturated rings. The second-order valence-corrected chi connectivity index (χ2v) is 4.85. The van der Waals surface area contributed by atoms with Crippen molar-refractivity contribution in [2.75, 3.05) is 5.32 Å². The molecule has 2 aromatic carbocycles. The minimum absolute atomic E-state index is 0.0150. The molecule has 108 valence electrons. The highest BCUT2D eigenvalue weighted by atomic mass is 15.6. The van der Waals surface area contributed by atoms with Crippen LogP contribution in [0.3, 0.4) is 0 Å². The lowest BCUT2D eigenvalue weighted by molar-refractivity contribution is 0.780. The number of benzene rings is 2. The van der Waals surface area contributed by atoms with E-state index in [1.54, 1.807) is 16.8 Å². The maximum atomic E-state index is 8.84. The molecule has 0 aliphatic rings. The quantitative estimate of drug-likeness (QED) is 0.799. The summed E-state index contributed by atoms with van der Waals surface area (Å²) in [5.41, 5.74) is 2.59. The van der Waals surface area contributed by atoms with Crippen LogP contribution in [0.1, 0.15) is 24.1 Å². The summed E-state index contributed by atoms with van der Waals surface area (Å²) in [6.45, 7) is 2.02. The highest BCUT2D eigenvalue weighted by molar-refractivity contribution is 5.41. The van der Waals surface area contributed by atoms with Crippen molar-refractivity contribution in [2.24, 2.45) is 0 Å². The lowest BCUT2D eigenvalue weighted by Crippen LogP contribution is -2.11. The summed E-state index contributed by atoms with van der Waals surface area (Å²) in [7, 11) is 0. The molecule has 3 rings (SSSR count). The maximum absolute atomic E-state index is 8.84. The summed E-state index contributed by atoms with van der Waals surface area (Å²) in [5.74, 6) is 0.572. The topological polar surface area (TPSA) is 79.4 Å². The smallest absolute Gasteiger partial charge is 0.248 e. The Hall–Kier alpha value is -3.20. The second-order valence-electron chi connectivity index (χ2n) is 4.85. The van der Waals surface area contributed by atoms with Gasteiger partial charge in [0.1, 0.15) is 0 Å². The SMILES string of the molecule is CC(Nc1nnnn1-c1ccccc1)c1ccc(C#N)cc1. The molecule has 0 aliphatic carbocycles. The predicted octanol–water partition coefficient (Wildman–Crippen LogP) is 2.71. The molecule has 0 aliphatic heterocycles. The Balaban J connectivity index is 1.81. The van der Waals surface area contributed by atoms with Crippen LogP contribution in [0, 0.1) is 11.3 Å². The molecule has 6 nitrogen and oxygen atoms in total. The zero-order valence-electron chi connectivity index (χ0n) is 12.0. The normalized spacial score (nSPS) is 11.6. The number of nitriles is 1. The minimum atomic E-state index is 0.0150. The molecule has 0 bridgehead atoms. The van der Waals surface area contributed by atoms with E-state index in [0.717, 1.165) is 11.3 Å². The summed E-state index contributed by atoms with van der Waals surface area (Å²) >= 11 is 0. The van der Waals surface area contributed by atoms with Gasteiger partial charge in [-0.15, -0.1) is 0 Å². The Morgan fingerprint density at radius 1 is 1.09 bits per heavy atom. The molecule has 0 spiro atoms. The zero-order chi connectivity index (χ0) is 15.4. The Bertz CT molecular complexity index is 786. The van der Waals surface area contributed by atoms with Crippen molar-refractivity contribution in [3.8, 4) is 11.8 Å². The van der Waals surface area contributed by atoms with Gasteiger partial charge in [0.15, 0.2) is 0 Å². The summed E-state index contributed by atoms with van der Waals surface area (Å²) in [6, 6.07) is 19.3. The first-order chi connectivity index (χ1) is 10.8. The van der Waals surface area contributed by atoms with Crippen LogP contribution in [-0.4, -0.2) is 20.2 Å². The molecule has 1 heterocycles. The number of hydrogen-bond acceptors (Lipinski definition) is 5. The molecular formula is C16H14N6. The molecule has 22 heavy (non-hydrogen) atoms. The molecule has 0 saturated heterocycles. The Morgan fingerprint density at radius 3 is 2.50 bits per heavy atom. The Morgan fingerprint density at radius 2 is 1.82 bits per heavy atom. The zero-order valence-corrected chi connectivity index (χ0v) is 12.0. The van der Waals surface area contributed by atoms with Crippen molar-refractivity contribution in [2.45, 2.75) is 13.0 Å². The Kier molecular flexibility index (Phi) is 3.79. The number of para-hydroxylation sites is 1. The average Bonchev–Trinajstić information content (AvgIpc) is 3.04. The van der Waals surface area contributed by atoms with Crippen LogP contribution >= 0.6 is 0 Å². The van der Waals surface area contributed by atoms with Crippen LogP contribution < -0.4 is 5.32 Å². The molecule has 1 unspecified atom stereocenters. The first kappa shape index (κ1) is 13.8. The highest BCUT2D eigenvalue weighted by Gasteiger charge is 2.12. The summed E-state index contributed by atoms with van der Waals surface area (Å²) in [6.07, 6.45) is 0. The predicted molar refractivity (Wildman–Crippen MR) is 82.3 cm³/mol. The number of anilines is 1. The third kappa shape index (κ3) is 2.79. The van der Waals surface area contributed by atoms with Gasteiger partial charge in [-0.3, -0.25) is 0 Å². The van der Waals surface area contributed by atoms with E-state index < -0.39 is 0 Å². The van der Waals surface area contributed by atoms with E-state index in [1.807, 2.05) is 49.4 Å². The number of hydrogen-bond donors (Lipinski definition) is 1. The van der Waals surface area contributed by atoms with Crippen molar-refractivity contribution in [3.63, 3.8) is 0 Å². The van der Waals surface area contributed by atoms with Crippen LogP contribution in [0.2, 0.25) is 0 Å². The van der Waals surface area contributed by atoms with Crippen molar-refractivity contribution in [1.82, 2.24) is 20.2 Å². The Labute approximate surface area is 128 Å². The molecule has 1 aromatic heterocycles. The van der Waals surface area contributed by atoms with Crippen molar-refractivity contribution >= 4 is 5.95 Å². The number of rotatable bonds is 4. The standard InChI is InChI=1S/C16H14N6/c1-12(14-9-7-13(11-17)8-10-14)18-16-19-20-21-22(16)15-5-3-2-4-6-15/h2-10,12H,1H3,(H,18,19,21). The van der Waals surface area contributed by atoms with Crippen LogP contribution in [-0.2, 0) is 0 Å². The van der Waals surface area contributed by atoms with Gasteiger partial charge in [-0.1, -0.05) is 35.4 Å². The first-order valence-electron chi connectivity index (χ1n) is 6.88. The molecule has 0 radical (unpaired) electrons. The fourth-order valence-electron chi connectivity index (χ4n) is 2.14. The summed E-state index contributed by atoms with van der Waals surface area (Å²) in [4.78, 5) is 0. The lowest BCUT2D eigenvalue weighted by Gasteiger charge is -2.14. The van der Waals surface area contributed by atoms with Gasteiger partial charge in [-0.05, 0) is 47.2 Å². The van der Waals surface area contributed by atoms with Gasteiger partial charge < -0.3 is 5.32 Å². The van der Waals surface area contributed by atoms with Crippen molar-refractivity contribution < 1.29 is 0 Å². The van der Waals surface area contributed by atoms with Gasteiger partial charge in [-0.25, -0.2) is 0 Å². The average molecular weight is 290 g/mol. The van der Waals surface area contributed by atoms with E-state index in [9.17, 15) is 0 Å².